The lowest BCUT2D eigenvalue weighted by Crippen LogP contribution is -2.34. The third-order valence-corrected chi connectivity index (χ3v) is 5.72. The molecule has 3 aromatic rings. The molecule has 0 saturated carbocycles. The van der Waals surface area contributed by atoms with Crippen LogP contribution in [0.3, 0.4) is 0 Å². The van der Waals surface area contributed by atoms with E-state index in [0.717, 1.165) is 38.8 Å². The number of benzene rings is 2. The summed E-state index contributed by atoms with van der Waals surface area (Å²) in [4.78, 5) is 15.9. The molecular weight excluding hydrogens is 376 g/mol. The molecule has 1 aliphatic heterocycles. The topological polar surface area (TPSA) is 71.2 Å². The first-order valence-electron chi connectivity index (χ1n) is 10.7. The van der Waals surface area contributed by atoms with Gasteiger partial charge in [-0.15, -0.1) is 10.2 Å². The molecule has 2 aromatic carbocycles. The van der Waals surface area contributed by atoms with Gasteiger partial charge in [-0.25, -0.2) is 4.79 Å². The summed E-state index contributed by atoms with van der Waals surface area (Å²) < 4.78 is 0. The maximum atomic E-state index is 13.0. The van der Waals surface area contributed by atoms with E-state index in [0.29, 0.717) is 28.9 Å². The van der Waals surface area contributed by atoms with Crippen LogP contribution in [0, 0.1) is 0 Å². The van der Waals surface area contributed by atoms with Crippen LogP contribution >= 0.6 is 0 Å². The van der Waals surface area contributed by atoms with E-state index in [9.17, 15) is 9.90 Å². The average molecular weight is 405 g/mol. The van der Waals surface area contributed by atoms with Crippen LogP contribution in [-0.2, 0) is 12.0 Å². The monoisotopic (exact) mass is 404 g/mol. The van der Waals surface area contributed by atoms with Gasteiger partial charge in [-0.1, -0.05) is 78.8 Å². The zero-order chi connectivity index (χ0) is 21.0. The average Bonchev–Trinajstić information content (AvgIpc) is 3.48. The van der Waals surface area contributed by atoms with Crippen molar-refractivity contribution in [2.24, 2.45) is 0 Å². The van der Waals surface area contributed by atoms with E-state index in [4.69, 9.17) is 0 Å². The number of carbonyl (C=O) groups excluding carboxylic acids is 1. The molecule has 0 spiro atoms. The van der Waals surface area contributed by atoms with Crippen molar-refractivity contribution in [2.75, 3.05) is 13.1 Å². The Kier molecular flexibility index (Phi) is 5.95. The van der Waals surface area contributed by atoms with E-state index in [2.05, 4.69) is 17.1 Å². The number of rotatable bonds is 6. The van der Waals surface area contributed by atoms with Crippen LogP contribution in [0.4, 0.5) is 4.79 Å². The number of unbranched alkanes of at least 4 members (excludes halogenated alkanes) is 1. The second-order valence-corrected chi connectivity index (χ2v) is 7.81. The number of amides is 1. The van der Waals surface area contributed by atoms with Crippen molar-refractivity contribution in [3.05, 3.63) is 83.2 Å². The molecule has 0 bridgehead atoms. The number of hydrogen-bond donors (Lipinski definition) is 1. The minimum Gasteiger partial charge on any atom is -0.374 e. The Morgan fingerprint density at radius 2 is 1.53 bits per heavy atom. The molecule has 0 aliphatic carbocycles. The SMILES string of the molecule is CCCCc1nn(C(=O)N2CCCC2)nc1C(O)(c1ccccc1)c1ccccc1. The molecule has 0 unspecified atom stereocenters. The van der Waals surface area contributed by atoms with Crippen LogP contribution in [0.5, 0.6) is 0 Å². The molecule has 1 aliphatic rings. The first-order valence-corrected chi connectivity index (χ1v) is 10.7. The largest absolute Gasteiger partial charge is 0.374 e. The van der Waals surface area contributed by atoms with Gasteiger partial charge in [-0.05, 0) is 36.8 Å². The van der Waals surface area contributed by atoms with Crippen molar-refractivity contribution in [2.45, 2.75) is 44.6 Å². The minimum absolute atomic E-state index is 0.222. The minimum atomic E-state index is -1.49. The van der Waals surface area contributed by atoms with Crippen LogP contribution in [-0.4, -0.2) is 44.1 Å². The maximum absolute atomic E-state index is 13.0. The predicted octanol–water partition coefficient (Wildman–Crippen LogP) is 3.97. The van der Waals surface area contributed by atoms with Gasteiger partial charge in [-0.2, -0.15) is 0 Å². The van der Waals surface area contributed by atoms with E-state index in [-0.39, 0.29) is 6.03 Å². The predicted molar refractivity (Wildman–Crippen MR) is 115 cm³/mol. The van der Waals surface area contributed by atoms with E-state index >= 15 is 0 Å². The maximum Gasteiger partial charge on any atom is 0.362 e. The molecule has 1 saturated heterocycles. The molecule has 6 nitrogen and oxygen atoms in total. The van der Waals surface area contributed by atoms with E-state index in [1.54, 1.807) is 4.90 Å². The van der Waals surface area contributed by atoms with Gasteiger partial charge in [0.15, 0.2) is 5.60 Å². The van der Waals surface area contributed by atoms with Gasteiger partial charge in [0.25, 0.3) is 0 Å². The molecule has 30 heavy (non-hydrogen) atoms. The van der Waals surface area contributed by atoms with E-state index in [1.165, 1.54) is 4.80 Å². The van der Waals surface area contributed by atoms with Gasteiger partial charge in [-0.3, -0.25) is 0 Å². The number of carbonyl (C=O) groups is 1. The van der Waals surface area contributed by atoms with Crippen molar-refractivity contribution in [3.63, 3.8) is 0 Å². The van der Waals surface area contributed by atoms with Crippen molar-refractivity contribution in [1.29, 1.82) is 0 Å². The summed E-state index contributed by atoms with van der Waals surface area (Å²) in [5.41, 5.74) is 1.01. The highest BCUT2D eigenvalue weighted by atomic mass is 16.3. The fraction of sp³-hybridized carbons (Fsp3) is 0.375. The van der Waals surface area contributed by atoms with Crippen molar-refractivity contribution in [1.82, 2.24) is 19.9 Å². The Morgan fingerprint density at radius 1 is 0.967 bits per heavy atom. The van der Waals surface area contributed by atoms with Crippen molar-refractivity contribution >= 4 is 6.03 Å². The first-order chi connectivity index (χ1) is 14.6. The number of likely N-dealkylation sites (tertiary alicyclic amines) is 1. The number of nitrogens with zero attached hydrogens (tertiary/aromatic N) is 4. The van der Waals surface area contributed by atoms with E-state index < -0.39 is 5.60 Å². The zero-order valence-corrected chi connectivity index (χ0v) is 17.4. The van der Waals surface area contributed by atoms with Crippen LogP contribution in [0.15, 0.2) is 60.7 Å². The summed E-state index contributed by atoms with van der Waals surface area (Å²) in [6, 6.07) is 18.8. The summed E-state index contributed by atoms with van der Waals surface area (Å²) in [5.74, 6) is 0. The lowest BCUT2D eigenvalue weighted by Gasteiger charge is -2.28. The van der Waals surface area contributed by atoms with Crippen LogP contribution in [0.2, 0.25) is 0 Å². The quantitative estimate of drug-likeness (QED) is 0.675. The van der Waals surface area contributed by atoms with Crippen molar-refractivity contribution in [3.8, 4) is 0 Å². The Labute approximate surface area is 177 Å². The number of aliphatic hydroxyl groups is 1. The fourth-order valence-corrected chi connectivity index (χ4v) is 4.05. The van der Waals surface area contributed by atoms with Crippen LogP contribution < -0.4 is 0 Å². The smallest absolute Gasteiger partial charge is 0.362 e. The lowest BCUT2D eigenvalue weighted by atomic mass is 9.82. The molecule has 0 radical (unpaired) electrons. The molecule has 1 amide bonds. The molecule has 156 valence electrons. The highest BCUT2D eigenvalue weighted by Gasteiger charge is 2.40. The molecule has 1 aromatic heterocycles. The molecule has 6 heteroatoms. The van der Waals surface area contributed by atoms with Gasteiger partial charge in [0.05, 0.1) is 5.69 Å². The van der Waals surface area contributed by atoms with Crippen LogP contribution in [0.1, 0.15) is 55.1 Å². The highest BCUT2D eigenvalue weighted by molar-refractivity contribution is 5.75. The Morgan fingerprint density at radius 3 is 2.07 bits per heavy atom. The second-order valence-electron chi connectivity index (χ2n) is 7.81. The highest BCUT2D eigenvalue weighted by Crippen LogP contribution is 2.37. The van der Waals surface area contributed by atoms with Gasteiger partial charge in [0, 0.05) is 13.1 Å². The Hall–Kier alpha value is -2.99. The van der Waals surface area contributed by atoms with E-state index in [1.807, 2.05) is 60.7 Å². The third-order valence-electron chi connectivity index (χ3n) is 5.72. The molecule has 4 rings (SSSR count). The van der Waals surface area contributed by atoms with Gasteiger partial charge in [0.1, 0.15) is 5.69 Å². The van der Waals surface area contributed by atoms with Gasteiger partial charge in [0.2, 0.25) is 0 Å². The molecule has 1 fully saturated rings. The third kappa shape index (κ3) is 3.75. The van der Waals surface area contributed by atoms with Crippen LogP contribution in [0.25, 0.3) is 0 Å². The standard InChI is InChI=1S/C24H28N4O2/c1-2-3-16-21-22(26-28(25-21)23(29)27-17-10-11-18-27)24(30,19-12-6-4-7-13-19)20-14-8-5-9-15-20/h4-9,12-15,30H,2-3,10-11,16-18H2,1H3. The van der Waals surface area contributed by atoms with Crippen molar-refractivity contribution < 1.29 is 9.90 Å². The molecular formula is C24H28N4O2. The summed E-state index contributed by atoms with van der Waals surface area (Å²) >= 11 is 0. The zero-order valence-electron chi connectivity index (χ0n) is 17.4. The lowest BCUT2D eigenvalue weighted by molar-refractivity contribution is 0.119. The summed E-state index contributed by atoms with van der Waals surface area (Å²) in [7, 11) is 0. The van der Waals surface area contributed by atoms with Gasteiger partial charge >= 0.3 is 6.03 Å². The Bertz CT molecular complexity index is 939. The molecule has 2 heterocycles. The summed E-state index contributed by atoms with van der Waals surface area (Å²) in [6.07, 6.45) is 4.55. The molecule has 0 atom stereocenters. The Balaban J connectivity index is 1.86. The first kappa shape index (κ1) is 20.3. The van der Waals surface area contributed by atoms with Gasteiger partial charge < -0.3 is 10.0 Å². The normalized spacial score (nSPS) is 14.3. The summed E-state index contributed by atoms with van der Waals surface area (Å²) in [6.45, 7) is 3.56. The second kappa shape index (κ2) is 8.79. The fourth-order valence-electron chi connectivity index (χ4n) is 4.05. The number of aryl methyl sites for hydroxylation is 1. The number of aromatic nitrogens is 3. The summed E-state index contributed by atoms with van der Waals surface area (Å²) in [5, 5.41) is 21.3. The number of hydrogen-bond acceptors (Lipinski definition) is 4. The molecule has 1 N–H and O–H groups in total.